The van der Waals surface area contributed by atoms with Crippen molar-refractivity contribution in [2.24, 2.45) is 0 Å². The van der Waals surface area contributed by atoms with E-state index in [-0.39, 0.29) is 5.41 Å². The van der Waals surface area contributed by atoms with E-state index in [2.05, 4.69) is 126 Å². The standard InChI is InChI=1S/C37H26N4O/c1-37(2)27-16-8-11-19-32(27)42-35-28(37)21-20-25-24-14-6-9-17-29(24)41(34(25)35)36-38-22-31-33(39-36)26-15-7-10-18-30(26)40(31)23-12-4-3-5-13-23/h3-22H,1-2H3. The average Bonchev–Trinajstić information content (AvgIpc) is 3.54. The van der Waals surface area contributed by atoms with Gasteiger partial charge in [-0.05, 0) is 30.3 Å². The lowest BCUT2D eigenvalue weighted by Crippen LogP contribution is -2.24. The van der Waals surface area contributed by atoms with Gasteiger partial charge in [0.2, 0.25) is 5.95 Å². The summed E-state index contributed by atoms with van der Waals surface area (Å²) < 4.78 is 11.2. The summed E-state index contributed by atoms with van der Waals surface area (Å²) in [6.45, 7) is 4.54. The molecule has 0 saturated heterocycles. The minimum absolute atomic E-state index is 0.229. The summed E-state index contributed by atoms with van der Waals surface area (Å²) in [5, 5.41) is 3.36. The molecule has 0 bridgehead atoms. The SMILES string of the molecule is CC1(C)c2ccccc2Oc2c1ccc1c3ccccc3n(-c3ncc4c(n3)c3ccccc3n4-c3ccccc3)c21. The number of hydrogen-bond acceptors (Lipinski definition) is 3. The van der Waals surface area contributed by atoms with Crippen LogP contribution in [0.15, 0.2) is 121 Å². The third kappa shape index (κ3) is 3.02. The predicted octanol–water partition coefficient (Wildman–Crippen LogP) is 9.10. The van der Waals surface area contributed by atoms with Crippen LogP contribution in [0.5, 0.6) is 11.5 Å². The highest BCUT2D eigenvalue weighted by Gasteiger charge is 2.36. The fourth-order valence-corrected chi connectivity index (χ4v) is 6.85. The molecule has 0 N–H and O–H groups in total. The van der Waals surface area contributed by atoms with Crippen molar-refractivity contribution in [3.63, 3.8) is 0 Å². The van der Waals surface area contributed by atoms with Crippen LogP contribution < -0.4 is 4.74 Å². The molecule has 5 nitrogen and oxygen atoms in total. The molecule has 0 atom stereocenters. The Labute approximate surface area is 242 Å². The van der Waals surface area contributed by atoms with Gasteiger partial charge in [-0.3, -0.25) is 4.57 Å². The van der Waals surface area contributed by atoms with Gasteiger partial charge in [0.15, 0.2) is 5.75 Å². The van der Waals surface area contributed by atoms with Gasteiger partial charge in [-0.25, -0.2) is 9.97 Å². The number of rotatable bonds is 2. The van der Waals surface area contributed by atoms with Gasteiger partial charge < -0.3 is 9.30 Å². The van der Waals surface area contributed by atoms with E-state index in [1.807, 2.05) is 18.3 Å². The molecule has 0 fully saturated rings. The van der Waals surface area contributed by atoms with E-state index >= 15 is 0 Å². The topological polar surface area (TPSA) is 44.9 Å². The molecule has 8 aromatic rings. The Morgan fingerprint density at radius 3 is 2.12 bits per heavy atom. The second-order valence-electron chi connectivity index (χ2n) is 11.5. The van der Waals surface area contributed by atoms with E-state index in [0.717, 1.165) is 66.5 Å². The second kappa shape index (κ2) is 8.30. The zero-order valence-electron chi connectivity index (χ0n) is 23.2. The maximum Gasteiger partial charge on any atom is 0.235 e. The first-order chi connectivity index (χ1) is 20.6. The van der Waals surface area contributed by atoms with Crippen LogP contribution in [-0.4, -0.2) is 19.1 Å². The number of para-hydroxylation sites is 4. The maximum atomic E-state index is 6.76. The third-order valence-electron chi connectivity index (χ3n) is 8.85. The molecule has 200 valence electrons. The van der Waals surface area contributed by atoms with Gasteiger partial charge in [-0.2, -0.15) is 0 Å². The molecule has 42 heavy (non-hydrogen) atoms. The van der Waals surface area contributed by atoms with Crippen LogP contribution in [0.2, 0.25) is 0 Å². The fraction of sp³-hybridized carbons (Fsp3) is 0.0811. The van der Waals surface area contributed by atoms with Crippen molar-refractivity contribution in [1.29, 1.82) is 0 Å². The number of aromatic nitrogens is 4. The van der Waals surface area contributed by atoms with E-state index in [9.17, 15) is 0 Å². The van der Waals surface area contributed by atoms with Crippen LogP contribution in [0.25, 0.3) is 55.4 Å². The summed E-state index contributed by atoms with van der Waals surface area (Å²) in [6, 6.07) is 40.1. The molecule has 0 spiro atoms. The second-order valence-corrected chi connectivity index (χ2v) is 11.5. The molecule has 5 aromatic carbocycles. The number of benzene rings is 5. The number of fused-ring (bicyclic) bond motifs is 9. The molecule has 0 amide bonds. The van der Waals surface area contributed by atoms with Crippen molar-refractivity contribution in [1.82, 2.24) is 19.1 Å². The molecule has 0 aliphatic carbocycles. The van der Waals surface area contributed by atoms with Crippen LogP contribution in [-0.2, 0) is 5.41 Å². The molecule has 1 aliphatic heterocycles. The molecular weight excluding hydrogens is 516 g/mol. The first-order valence-corrected chi connectivity index (χ1v) is 14.3. The van der Waals surface area contributed by atoms with Crippen LogP contribution in [0.4, 0.5) is 0 Å². The Balaban J connectivity index is 1.38. The Bertz CT molecular complexity index is 2360. The van der Waals surface area contributed by atoms with Crippen molar-refractivity contribution >= 4 is 43.7 Å². The summed E-state index contributed by atoms with van der Waals surface area (Å²) in [5.41, 5.74) is 8.22. The molecule has 9 rings (SSSR count). The first kappa shape index (κ1) is 23.3. The molecular formula is C37H26N4O. The van der Waals surface area contributed by atoms with Crippen LogP contribution >= 0.6 is 0 Å². The van der Waals surface area contributed by atoms with Crippen LogP contribution in [0, 0.1) is 0 Å². The van der Waals surface area contributed by atoms with E-state index in [0.29, 0.717) is 5.95 Å². The fourth-order valence-electron chi connectivity index (χ4n) is 6.85. The van der Waals surface area contributed by atoms with Gasteiger partial charge >= 0.3 is 0 Å². The Morgan fingerprint density at radius 2 is 1.29 bits per heavy atom. The summed E-state index contributed by atoms with van der Waals surface area (Å²) in [6.07, 6.45) is 1.96. The van der Waals surface area contributed by atoms with Gasteiger partial charge in [-0.1, -0.05) is 98.8 Å². The van der Waals surface area contributed by atoms with Gasteiger partial charge in [0.05, 0.1) is 22.7 Å². The van der Waals surface area contributed by atoms with Crippen LogP contribution in [0.3, 0.4) is 0 Å². The first-order valence-electron chi connectivity index (χ1n) is 14.3. The summed E-state index contributed by atoms with van der Waals surface area (Å²) in [5.74, 6) is 2.38. The smallest absolute Gasteiger partial charge is 0.235 e. The molecule has 0 radical (unpaired) electrons. The average molecular weight is 543 g/mol. The molecule has 4 heterocycles. The summed E-state index contributed by atoms with van der Waals surface area (Å²) in [4.78, 5) is 10.3. The molecule has 0 unspecified atom stereocenters. The van der Waals surface area contributed by atoms with Gasteiger partial charge in [-0.15, -0.1) is 0 Å². The maximum absolute atomic E-state index is 6.76. The molecule has 3 aromatic heterocycles. The van der Waals surface area contributed by atoms with Crippen molar-refractivity contribution in [3.8, 4) is 23.1 Å². The number of hydrogen-bond donors (Lipinski definition) is 0. The molecule has 0 saturated carbocycles. The lowest BCUT2D eigenvalue weighted by atomic mass is 9.75. The lowest BCUT2D eigenvalue weighted by molar-refractivity contribution is 0.421. The van der Waals surface area contributed by atoms with E-state index in [4.69, 9.17) is 14.7 Å². The van der Waals surface area contributed by atoms with E-state index in [1.54, 1.807) is 0 Å². The monoisotopic (exact) mass is 542 g/mol. The minimum Gasteiger partial charge on any atom is -0.454 e. The largest absolute Gasteiger partial charge is 0.454 e. The Morgan fingerprint density at radius 1 is 0.595 bits per heavy atom. The highest BCUT2D eigenvalue weighted by molar-refractivity contribution is 6.12. The summed E-state index contributed by atoms with van der Waals surface area (Å²) in [7, 11) is 0. The van der Waals surface area contributed by atoms with Gasteiger partial charge in [0.1, 0.15) is 16.8 Å². The van der Waals surface area contributed by atoms with Gasteiger partial charge in [0.25, 0.3) is 0 Å². The zero-order chi connectivity index (χ0) is 28.0. The van der Waals surface area contributed by atoms with Crippen molar-refractivity contribution in [3.05, 3.63) is 133 Å². The predicted molar refractivity (Wildman–Crippen MR) is 169 cm³/mol. The highest BCUT2D eigenvalue weighted by Crippen LogP contribution is 2.51. The minimum atomic E-state index is -0.229. The van der Waals surface area contributed by atoms with Crippen molar-refractivity contribution < 1.29 is 4.74 Å². The normalized spacial score (nSPS) is 13.9. The number of ether oxygens (including phenoxy) is 1. The van der Waals surface area contributed by atoms with Crippen molar-refractivity contribution in [2.45, 2.75) is 19.3 Å². The van der Waals surface area contributed by atoms with E-state index in [1.165, 1.54) is 5.56 Å². The summed E-state index contributed by atoms with van der Waals surface area (Å²) >= 11 is 0. The van der Waals surface area contributed by atoms with E-state index < -0.39 is 0 Å². The lowest BCUT2D eigenvalue weighted by Gasteiger charge is -2.34. The third-order valence-corrected chi connectivity index (χ3v) is 8.85. The Kier molecular flexibility index (Phi) is 4.61. The quantitative estimate of drug-likeness (QED) is 0.219. The Hall–Kier alpha value is -5.42. The van der Waals surface area contributed by atoms with Gasteiger partial charge in [0, 0.05) is 38.4 Å². The number of nitrogens with zero attached hydrogens (tertiary/aromatic N) is 4. The zero-order valence-corrected chi connectivity index (χ0v) is 23.2. The highest BCUT2D eigenvalue weighted by atomic mass is 16.5. The molecule has 5 heteroatoms. The van der Waals surface area contributed by atoms with Crippen molar-refractivity contribution in [2.75, 3.05) is 0 Å². The molecule has 1 aliphatic rings. The van der Waals surface area contributed by atoms with Crippen LogP contribution in [0.1, 0.15) is 25.0 Å².